The molecule has 3 nitrogen and oxygen atoms in total. The minimum Gasteiger partial charge on any atom is -0.298 e. The van der Waals surface area contributed by atoms with Gasteiger partial charge in [0.25, 0.3) is 5.91 Å². The number of hydrogen-bond acceptors (Lipinski definition) is 4. The first-order valence-corrected chi connectivity index (χ1v) is 10.6. The van der Waals surface area contributed by atoms with Gasteiger partial charge in [0.1, 0.15) is 0 Å². The quantitative estimate of drug-likeness (QED) is 0.351. The lowest BCUT2D eigenvalue weighted by molar-refractivity contribution is 0.102. The summed E-state index contributed by atoms with van der Waals surface area (Å²) in [5.41, 5.74) is 2.57. The van der Waals surface area contributed by atoms with Gasteiger partial charge in [0.05, 0.1) is 5.69 Å². The Kier molecular flexibility index (Phi) is 6.14. The van der Waals surface area contributed by atoms with Crippen LogP contribution in [0.2, 0.25) is 0 Å². The minimum atomic E-state index is -0.130. The second-order valence-corrected chi connectivity index (χ2v) is 9.45. The zero-order chi connectivity index (χ0) is 17.8. The summed E-state index contributed by atoms with van der Waals surface area (Å²) >= 11 is 5.46. The van der Waals surface area contributed by atoms with Crippen molar-refractivity contribution in [2.45, 2.75) is 24.0 Å². The number of amides is 1. The molecule has 2 aromatic carbocycles. The van der Waals surface area contributed by atoms with Crippen LogP contribution >= 0.6 is 45.7 Å². The summed E-state index contributed by atoms with van der Waals surface area (Å²) in [6.45, 7) is 4.28. The molecule has 0 atom stereocenters. The first kappa shape index (κ1) is 18.4. The first-order chi connectivity index (χ1) is 12.0. The Morgan fingerprint density at radius 1 is 1.20 bits per heavy atom. The highest BCUT2D eigenvalue weighted by Gasteiger charge is 2.11. The van der Waals surface area contributed by atoms with Gasteiger partial charge in [-0.2, -0.15) is 0 Å². The maximum absolute atomic E-state index is 12.5. The molecule has 0 aliphatic heterocycles. The molecule has 0 aliphatic rings. The molecule has 1 amide bonds. The van der Waals surface area contributed by atoms with Gasteiger partial charge < -0.3 is 0 Å². The number of nitrogens with zero attached hydrogens (tertiary/aromatic N) is 1. The third kappa shape index (κ3) is 5.05. The van der Waals surface area contributed by atoms with Crippen molar-refractivity contribution in [3.63, 3.8) is 0 Å². The van der Waals surface area contributed by atoms with E-state index in [0.717, 1.165) is 16.2 Å². The average Bonchev–Trinajstić information content (AvgIpc) is 3.03. The Hall–Kier alpha value is -1.38. The Morgan fingerprint density at radius 2 is 1.96 bits per heavy atom. The van der Waals surface area contributed by atoms with E-state index in [0.29, 0.717) is 15.9 Å². The standard InChI is InChI=1S/C19H17IN2OS2/c1-12(2)25-16-5-3-4-14(10-16)18(23)22-19-21-17(11-24-19)13-6-8-15(20)9-7-13/h3-12H,1-2H3,(H,21,22,23). The maximum atomic E-state index is 12.5. The van der Waals surface area contributed by atoms with Gasteiger partial charge in [0, 0.05) is 30.2 Å². The predicted molar refractivity (Wildman–Crippen MR) is 116 cm³/mol. The molecule has 0 saturated carbocycles. The van der Waals surface area contributed by atoms with Crippen LogP contribution in [0.1, 0.15) is 24.2 Å². The van der Waals surface area contributed by atoms with Crippen molar-refractivity contribution >= 4 is 56.7 Å². The number of aromatic nitrogens is 1. The molecule has 1 heterocycles. The molecule has 0 aliphatic carbocycles. The van der Waals surface area contributed by atoms with Crippen LogP contribution in [-0.4, -0.2) is 16.1 Å². The van der Waals surface area contributed by atoms with Gasteiger partial charge in [-0.25, -0.2) is 4.98 Å². The highest BCUT2D eigenvalue weighted by Crippen LogP contribution is 2.27. The molecule has 6 heteroatoms. The fourth-order valence-electron chi connectivity index (χ4n) is 2.24. The fourth-order valence-corrected chi connectivity index (χ4v) is 4.21. The Balaban J connectivity index is 1.72. The van der Waals surface area contributed by atoms with E-state index in [4.69, 9.17) is 0 Å². The molecule has 0 saturated heterocycles. The van der Waals surface area contributed by atoms with E-state index in [1.54, 1.807) is 11.8 Å². The average molecular weight is 480 g/mol. The van der Waals surface area contributed by atoms with Crippen molar-refractivity contribution in [2.75, 3.05) is 5.32 Å². The van der Waals surface area contributed by atoms with Gasteiger partial charge in [-0.3, -0.25) is 10.1 Å². The van der Waals surface area contributed by atoms with Crippen LogP contribution in [0, 0.1) is 3.57 Å². The second-order valence-electron chi connectivity index (χ2n) is 5.69. The van der Waals surface area contributed by atoms with Gasteiger partial charge in [0.15, 0.2) is 5.13 Å². The van der Waals surface area contributed by atoms with Gasteiger partial charge in [-0.1, -0.05) is 32.0 Å². The summed E-state index contributed by atoms with van der Waals surface area (Å²) in [5, 5.41) is 5.95. The number of anilines is 1. The van der Waals surface area contributed by atoms with Gasteiger partial charge in [-0.05, 0) is 52.9 Å². The van der Waals surface area contributed by atoms with Crippen molar-refractivity contribution in [3.05, 3.63) is 63.0 Å². The number of thioether (sulfide) groups is 1. The van der Waals surface area contributed by atoms with Gasteiger partial charge >= 0.3 is 0 Å². The third-order valence-corrected chi connectivity index (χ3v) is 5.81. The molecule has 25 heavy (non-hydrogen) atoms. The van der Waals surface area contributed by atoms with Crippen LogP contribution in [0.25, 0.3) is 11.3 Å². The van der Waals surface area contributed by atoms with E-state index in [1.807, 2.05) is 53.9 Å². The molecule has 3 aromatic rings. The summed E-state index contributed by atoms with van der Waals surface area (Å²) in [5.74, 6) is -0.130. The monoisotopic (exact) mass is 480 g/mol. The zero-order valence-electron chi connectivity index (χ0n) is 13.8. The van der Waals surface area contributed by atoms with Crippen molar-refractivity contribution in [3.8, 4) is 11.3 Å². The Labute approximate surface area is 169 Å². The molecule has 0 bridgehead atoms. The first-order valence-electron chi connectivity index (χ1n) is 7.81. The number of halogens is 1. The van der Waals surface area contributed by atoms with Crippen LogP contribution in [0.5, 0.6) is 0 Å². The Morgan fingerprint density at radius 3 is 2.68 bits per heavy atom. The van der Waals surface area contributed by atoms with Crippen molar-refractivity contribution in [1.82, 2.24) is 4.98 Å². The zero-order valence-corrected chi connectivity index (χ0v) is 17.6. The SMILES string of the molecule is CC(C)Sc1cccc(C(=O)Nc2nc(-c3ccc(I)cc3)cs2)c1. The molecule has 1 aromatic heterocycles. The molecule has 0 spiro atoms. The van der Waals surface area contributed by atoms with E-state index < -0.39 is 0 Å². The highest BCUT2D eigenvalue weighted by atomic mass is 127. The topological polar surface area (TPSA) is 42.0 Å². The summed E-state index contributed by atoms with van der Waals surface area (Å²) < 4.78 is 1.18. The van der Waals surface area contributed by atoms with Crippen LogP contribution in [0.15, 0.2) is 58.8 Å². The van der Waals surface area contributed by atoms with E-state index in [-0.39, 0.29) is 5.91 Å². The molecular weight excluding hydrogens is 463 g/mol. The van der Waals surface area contributed by atoms with E-state index in [2.05, 4.69) is 46.7 Å². The third-order valence-electron chi connectivity index (χ3n) is 3.33. The summed E-state index contributed by atoms with van der Waals surface area (Å²) in [7, 11) is 0. The van der Waals surface area contributed by atoms with Crippen molar-refractivity contribution in [2.24, 2.45) is 0 Å². The summed E-state index contributed by atoms with van der Waals surface area (Å²) in [4.78, 5) is 18.1. The number of carbonyl (C=O) groups is 1. The van der Waals surface area contributed by atoms with Gasteiger partial charge in [0.2, 0.25) is 0 Å². The molecule has 0 radical (unpaired) electrons. The number of benzene rings is 2. The van der Waals surface area contributed by atoms with Gasteiger partial charge in [-0.15, -0.1) is 23.1 Å². The lowest BCUT2D eigenvalue weighted by Gasteiger charge is -2.07. The summed E-state index contributed by atoms with van der Waals surface area (Å²) in [6, 6.07) is 15.9. The molecule has 128 valence electrons. The number of nitrogens with one attached hydrogen (secondary N) is 1. The minimum absolute atomic E-state index is 0.130. The molecule has 3 rings (SSSR count). The second kappa shape index (κ2) is 8.33. The number of carbonyl (C=O) groups excluding carboxylic acids is 1. The predicted octanol–water partition coefficient (Wildman–Crippen LogP) is 6.17. The fraction of sp³-hybridized carbons (Fsp3) is 0.158. The normalized spacial score (nSPS) is 10.9. The van der Waals surface area contributed by atoms with Crippen LogP contribution in [-0.2, 0) is 0 Å². The number of hydrogen-bond donors (Lipinski definition) is 1. The van der Waals surface area contributed by atoms with Crippen LogP contribution in [0.4, 0.5) is 5.13 Å². The highest BCUT2D eigenvalue weighted by molar-refractivity contribution is 14.1. The molecule has 0 unspecified atom stereocenters. The molecular formula is C19H17IN2OS2. The summed E-state index contributed by atoms with van der Waals surface area (Å²) in [6.07, 6.45) is 0. The smallest absolute Gasteiger partial charge is 0.257 e. The lowest BCUT2D eigenvalue weighted by Crippen LogP contribution is -2.11. The van der Waals surface area contributed by atoms with E-state index in [1.165, 1.54) is 14.9 Å². The number of thiazole rings is 1. The molecule has 0 fully saturated rings. The van der Waals surface area contributed by atoms with Crippen LogP contribution < -0.4 is 5.32 Å². The molecule has 1 N–H and O–H groups in total. The lowest BCUT2D eigenvalue weighted by atomic mass is 10.2. The van der Waals surface area contributed by atoms with E-state index >= 15 is 0 Å². The largest absolute Gasteiger partial charge is 0.298 e. The van der Waals surface area contributed by atoms with Crippen LogP contribution in [0.3, 0.4) is 0 Å². The van der Waals surface area contributed by atoms with Crippen molar-refractivity contribution < 1.29 is 4.79 Å². The van der Waals surface area contributed by atoms with E-state index in [9.17, 15) is 4.79 Å². The van der Waals surface area contributed by atoms with Crippen molar-refractivity contribution in [1.29, 1.82) is 0 Å². The number of rotatable bonds is 5. The maximum Gasteiger partial charge on any atom is 0.257 e. The Bertz CT molecular complexity index is 875.